The van der Waals surface area contributed by atoms with Crippen LogP contribution in [0.5, 0.6) is 0 Å². The first-order valence-electron chi connectivity index (χ1n) is 9.35. The third kappa shape index (κ3) is 6.19. The van der Waals surface area contributed by atoms with Gasteiger partial charge in [-0.2, -0.15) is 0 Å². The van der Waals surface area contributed by atoms with Crippen molar-refractivity contribution in [2.45, 2.75) is 2.45 Å². The molecule has 4 aromatic carbocycles. The molecule has 0 heterocycles. The van der Waals surface area contributed by atoms with Gasteiger partial charge in [0, 0.05) is 0 Å². The summed E-state index contributed by atoms with van der Waals surface area (Å²) < 4.78 is 7.92. The Balaban J connectivity index is 0.00000150. The molecule has 0 saturated heterocycles. The maximum absolute atomic E-state index is 2.37. The molecule has 4 aromatic rings. The topological polar surface area (TPSA) is 63.0 Å². The van der Waals surface area contributed by atoms with Crippen molar-refractivity contribution in [3.8, 4) is 0 Å². The summed E-state index contributed by atoms with van der Waals surface area (Å²) in [5, 5.41) is 0. The maximum atomic E-state index is 2.37. The zero-order chi connectivity index (χ0) is 18.3. The van der Waals surface area contributed by atoms with Crippen LogP contribution in [0.3, 0.4) is 0 Å². The first kappa shape index (κ1) is 23.7. The molecule has 0 atom stereocenters. The normalized spacial score (nSPS) is 10.3. The molecule has 0 unspecified atom stereocenters. The summed E-state index contributed by atoms with van der Waals surface area (Å²) >= 11 is -3.94. The Labute approximate surface area is 187 Å². The van der Waals surface area contributed by atoms with Gasteiger partial charge < -0.3 is 11.0 Å². The minimum atomic E-state index is -1.97. The number of hydrogen-bond donors (Lipinski definition) is 0. The van der Waals surface area contributed by atoms with E-state index in [0.717, 1.165) is 0 Å². The summed E-state index contributed by atoms with van der Waals surface area (Å²) in [6.07, 6.45) is 0. The molecule has 0 aliphatic carbocycles. The fourth-order valence-electron chi connectivity index (χ4n) is 3.48. The van der Waals surface area contributed by atoms with Crippen molar-refractivity contribution < 1.29 is 11.0 Å². The Hall–Kier alpha value is -1.60. The van der Waals surface area contributed by atoms with Crippen LogP contribution >= 0.6 is 0 Å². The fourth-order valence-corrected chi connectivity index (χ4v) is 37.9. The molecule has 2 radical (unpaired) electrons. The number of hydrogen-bond acceptors (Lipinski definition) is 0. The average molecular weight is 596 g/mol. The van der Waals surface area contributed by atoms with Crippen LogP contribution in [0.1, 0.15) is 0 Å². The summed E-state index contributed by atoms with van der Waals surface area (Å²) in [6, 6.07) is 45.3. The molecule has 29 heavy (non-hydrogen) atoms. The fraction of sp³-hybridized carbons (Fsp3) is 0.0400. The molecule has 0 saturated carbocycles. The molecule has 146 valence electrons. The zero-order valence-electron chi connectivity index (χ0n) is 16.3. The Morgan fingerprint density at radius 1 is 0.345 bits per heavy atom. The molecular formula is C25H26O2Sn2. The van der Waals surface area contributed by atoms with Crippen LogP contribution in [0.25, 0.3) is 0 Å². The van der Waals surface area contributed by atoms with Crippen molar-refractivity contribution in [2.24, 2.45) is 0 Å². The molecule has 0 amide bonds. The van der Waals surface area contributed by atoms with E-state index in [0.29, 0.717) is 0 Å². The van der Waals surface area contributed by atoms with Gasteiger partial charge >= 0.3 is 178 Å². The van der Waals surface area contributed by atoms with Crippen LogP contribution in [-0.4, -0.2) is 50.5 Å². The van der Waals surface area contributed by atoms with Gasteiger partial charge in [-0.15, -0.1) is 0 Å². The summed E-state index contributed by atoms with van der Waals surface area (Å²) in [5.41, 5.74) is 0. The zero-order valence-corrected chi connectivity index (χ0v) is 22.0. The summed E-state index contributed by atoms with van der Waals surface area (Å²) in [5.74, 6) is 0. The molecule has 4 rings (SSSR count). The van der Waals surface area contributed by atoms with Crippen LogP contribution in [0, 0.1) is 0 Å². The van der Waals surface area contributed by atoms with Gasteiger partial charge in [-0.25, -0.2) is 0 Å². The summed E-state index contributed by atoms with van der Waals surface area (Å²) in [6.45, 7) is 0. The molecular weight excluding hydrogens is 570 g/mol. The van der Waals surface area contributed by atoms with E-state index >= 15 is 0 Å². The van der Waals surface area contributed by atoms with Crippen LogP contribution in [0.4, 0.5) is 0 Å². The molecule has 2 nitrogen and oxygen atoms in total. The molecule has 0 aliphatic heterocycles. The van der Waals surface area contributed by atoms with E-state index < -0.39 is 39.5 Å². The van der Waals surface area contributed by atoms with Gasteiger partial charge in [0.15, 0.2) is 0 Å². The first-order valence-corrected chi connectivity index (χ1v) is 19.1. The van der Waals surface area contributed by atoms with Crippen molar-refractivity contribution in [2.75, 3.05) is 0 Å². The van der Waals surface area contributed by atoms with Crippen LogP contribution in [0.2, 0.25) is 2.45 Å². The minimum absolute atomic E-state index is 0. The van der Waals surface area contributed by atoms with E-state index in [1.807, 2.05) is 0 Å². The third-order valence-corrected chi connectivity index (χ3v) is 32.2. The van der Waals surface area contributed by atoms with Gasteiger partial charge in [0.25, 0.3) is 0 Å². The Morgan fingerprint density at radius 2 is 0.552 bits per heavy atom. The molecule has 0 fully saturated rings. The quantitative estimate of drug-likeness (QED) is 0.304. The Morgan fingerprint density at radius 3 is 0.759 bits per heavy atom. The molecule has 0 bridgehead atoms. The predicted octanol–water partition coefficient (Wildman–Crippen LogP) is 1.49. The van der Waals surface area contributed by atoms with E-state index in [1.165, 1.54) is 2.45 Å². The standard InChI is InChI=1S/4C6H5.CH2.2H2O.2Sn/c4*1-2-4-6-5-3-1;;;;;/h4*1-5H;3*1H2;;. The van der Waals surface area contributed by atoms with Crippen LogP contribution < -0.4 is 14.3 Å². The average Bonchev–Trinajstić information content (AvgIpc) is 2.77. The van der Waals surface area contributed by atoms with E-state index in [4.69, 9.17) is 0 Å². The van der Waals surface area contributed by atoms with Crippen molar-refractivity contribution in [3.05, 3.63) is 121 Å². The SMILES string of the molecule is O.O.c1cc[c]([Sn]([CH2][Sn]([c]2ccccc2)[c]2ccccc2)[c]2ccccc2)cc1. The number of rotatable bonds is 6. The molecule has 4 heteroatoms. The summed E-state index contributed by atoms with van der Waals surface area (Å²) in [4.78, 5) is 0. The third-order valence-electron chi connectivity index (χ3n) is 4.84. The molecule has 0 aromatic heterocycles. The van der Waals surface area contributed by atoms with E-state index in [9.17, 15) is 0 Å². The van der Waals surface area contributed by atoms with E-state index in [1.54, 1.807) is 14.3 Å². The van der Waals surface area contributed by atoms with Gasteiger partial charge in [-0.05, 0) is 0 Å². The van der Waals surface area contributed by atoms with Gasteiger partial charge in [0.2, 0.25) is 0 Å². The number of benzene rings is 4. The monoisotopic (exact) mass is 598 g/mol. The second kappa shape index (κ2) is 12.2. The van der Waals surface area contributed by atoms with Crippen LogP contribution in [-0.2, 0) is 0 Å². The van der Waals surface area contributed by atoms with Crippen molar-refractivity contribution in [1.82, 2.24) is 0 Å². The van der Waals surface area contributed by atoms with Gasteiger partial charge in [-0.3, -0.25) is 0 Å². The summed E-state index contributed by atoms with van der Waals surface area (Å²) in [7, 11) is 0. The van der Waals surface area contributed by atoms with Crippen molar-refractivity contribution >= 4 is 53.8 Å². The second-order valence-corrected chi connectivity index (χ2v) is 26.4. The Kier molecular flexibility index (Phi) is 9.94. The second-order valence-electron chi connectivity index (χ2n) is 6.60. The van der Waals surface area contributed by atoms with Gasteiger partial charge in [-0.1, -0.05) is 0 Å². The molecule has 0 aliphatic rings. The molecule has 0 spiro atoms. The van der Waals surface area contributed by atoms with Crippen LogP contribution in [0.15, 0.2) is 121 Å². The van der Waals surface area contributed by atoms with Gasteiger partial charge in [0.1, 0.15) is 0 Å². The van der Waals surface area contributed by atoms with Crippen molar-refractivity contribution in [1.29, 1.82) is 0 Å². The first-order chi connectivity index (χ1) is 13.4. The molecule has 4 N–H and O–H groups in total. The van der Waals surface area contributed by atoms with Crippen molar-refractivity contribution in [3.63, 3.8) is 0 Å². The van der Waals surface area contributed by atoms with E-state index in [-0.39, 0.29) is 11.0 Å². The van der Waals surface area contributed by atoms with E-state index in [2.05, 4.69) is 121 Å². The Bertz CT molecular complexity index is 789. The van der Waals surface area contributed by atoms with Gasteiger partial charge in [0.05, 0.1) is 0 Å². The predicted molar refractivity (Wildman–Crippen MR) is 128 cm³/mol.